The maximum Gasteiger partial charge on any atom is 0.248 e. The van der Waals surface area contributed by atoms with Crippen LogP contribution in [0.15, 0.2) is 53.5 Å². The van der Waals surface area contributed by atoms with Gasteiger partial charge < -0.3 is 30.2 Å². The molecule has 0 spiro atoms. The van der Waals surface area contributed by atoms with Gasteiger partial charge in [-0.15, -0.1) is 0 Å². The summed E-state index contributed by atoms with van der Waals surface area (Å²) in [4.78, 5) is 43.4. The third kappa shape index (κ3) is 6.79. The smallest absolute Gasteiger partial charge is 0.248 e. The number of rotatable bonds is 11. The van der Waals surface area contributed by atoms with Crippen molar-refractivity contribution in [3.63, 3.8) is 0 Å². The Labute approximate surface area is 249 Å². The molecule has 1 heterocycles. The summed E-state index contributed by atoms with van der Waals surface area (Å²) in [7, 11) is 4.66. The van der Waals surface area contributed by atoms with Gasteiger partial charge in [0.1, 0.15) is 11.9 Å². The second-order valence-electron chi connectivity index (χ2n) is 9.78. The van der Waals surface area contributed by atoms with E-state index >= 15 is 0 Å². The molecule has 10 nitrogen and oxygen atoms in total. The standard InChI is InChI=1S/C31H36N4O6S/c1-18(36)33-22-11-9-19-16-26(39-2)29(40-3)30(41-4)28(19)20-10-12-23(25(37)17-21(20)22)34-24(13-15-42-5)31(38)35-27-8-6-7-14-32-27/h6-8,10,12,14,16-17,22,24H,9,11,13,15H2,1-5H3,(H,33,36)(H,34,37)(H,32,35,38). The molecule has 2 amide bonds. The van der Waals surface area contributed by atoms with Crippen LogP contribution in [0, 0.1) is 0 Å². The molecule has 0 saturated carbocycles. The van der Waals surface area contributed by atoms with Gasteiger partial charge >= 0.3 is 0 Å². The molecule has 2 aromatic carbocycles. The number of methoxy groups -OCH3 is 3. The van der Waals surface area contributed by atoms with Gasteiger partial charge in [-0.2, -0.15) is 11.8 Å². The number of hydrogen-bond donors (Lipinski definition) is 3. The highest BCUT2D eigenvalue weighted by molar-refractivity contribution is 7.98. The minimum atomic E-state index is -0.688. The van der Waals surface area contributed by atoms with Crippen LogP contribution in [0.2, 0.25) is 0 Å². The molecule has 1 aliphatic rings. The van der Waals surface area contributed by atoms with Gasteiger partial charge in [-0.3, -0.25) is 14.4 Å². The number of hydrogen-bond acceptors (Lipinski definition) is 9. The van der Waals surface area contributed by atoms with Crippen LogP contribution in [-0.4, -0.2) is 56.2 Å². The molecule has 2 atom stereocenters. The second-order valence-corrected chi connectivity index (χ2v) is 10.8. The zero-order chi connectivity index (χ0) is 30.2. The number of aryl methyl sites for hydroxylation is 1. The molecule has 1 aromatic heterocycles. The number of anilines is 2. The Hall–Kier alpha value is -4.25. The molecule has 0 aliphatic heterocycles. The van der Waals surface area contributed by atoms with Crippen LogP contribution in [0.25, 0.3) is 11.1 Å². The fourth-order valence-corrected chi connectivity index (χ4v) is 5.64. The summed E-state index contributed by atoms with van der Waals surface area (Å²) in [5.74, 6) is 2.05. The molecule has 11 heteroatoms. The molecule has 0 saturated heterocycles. The summed E-state index contributed by atoms with van der Waals surface area (Å²) in [5, 5.41) is 9.02. The van der Waals surface area contributed by atoms with Crippen molar-refractivity contribution in [3.05, 3.63) is 70.0 Å². The van der Waals surface area contributed by atoms with E-state index in [2.05, 4.69) is 20.9 Å². The van der Waals surface area contributed by atoms with E-state index in [-0.39, 0.29) is 22.9 Å². The highest BCUT2D eigenvalue weighted by atomic mass is 32.2. The van der Waals surface area contributed by atoms with E-state index in [1.807, 2.05) is 18.4 Å². The first-order valence-electron chi connectivity index (χ1n) is 13.6. The summed E-state index contributed by atoms with van der Waals surface area (Å²) in [5.41, 5.74) is 2.99. The van der Waals surface area contributed by atoms with Crippen molar-refractivity contribution in [2.45, 2.75) is 38.3 Å². The van der Waals surface area contributed by atoms with Crippen molar-refractivity contribution in [1.82, 2.24) is 10.3 Å². The monoisotopic (exact) mass is 592 g/mol. The van der Waals surface area contributed by atoms with Crippen LogP contribution in [0.3, 0.4) is 0 Å². The molecular formula is C31H36N4O6S. The SMILES string of the molecule is COc1cc2c(c(OC)c1OC)-c1ccc(NC(CCSC)C(=O)Nc3ccccn3)c(=O)cc1C(NC(C)=O)CC2. The van der Waals surface area contributed by atoms with Crippen LogP contribution < -0.4 is 35.6 Å². The van der Waals surface area contributed by atoms with E-state index in [0.29, 0.717) is 59.2 Å². The number of carbonyl (C=O) groups excluding carboxylic acids is 2. The molecule has 0 radical (unpaired) electrons. The number of amides is 2. The predicted octanol–water partition coefficient (Wildman–Crippen LogP) is 4.43. The molecule has 0 fully saturated rings. The van der Waals surface area contributed by atoms with E-state index in [4.69, 9.17) is 14.2 Å². The van der Waals surface area contributed by atoms with Gasteiger partial charge in [0.25, 0.3) is 0 Å². The van der Waals surface area contributed by atoms with E-state index in [1.165, 1.54) is 20.1 Å². The van der Waals surface area contributed by atoms with E-state index in [0.717, 1.165) is 11.1 Å². The van der Waals surface area contributed by atoms with Crippen molar-refractivity contribution in [2.75, 3.05) is 44.0 Å². The number of fused-ring (bicyclic) bond motifs is 3. The number of ether oxygens (including phenoxy) is 3. The van der Waals surface area contributed by atoms with Crippen molar-refractivity contribution < 1.29 is 23.8 Å². The molecule has 4 rings (SSSR count). The van der Waals surface area contributed by atoms with Crippen molar-refractivity contribution in [3.8, 4) is 28.4 Å². The van der Waals surface area contributed by atoms with Crippen LogP contribution in [-0.2, 0) is 16.0 Å². The number of thioether (sulfide) groups is 1. The lowest BCUT2D eigenvalue weighted by molar-refractivity contribution is -0.120. The quantitative estimate of drug-likeness (QED) is 0.296. The first kappa shape index (κ1) is 30.7. The van der Waals surface area contributed by atoms with Gasteiger partial charge in [0.2, 0.25) is 23.0 Å². The molecule has 42 heavy (non-hydrogen) atoms. The van der Waals surface area contributed by atoms with Gasteiger partial charge in [-0.1, -0.05) is 12.1 Å². The lowest BCUT2D eigenvalue weighted by atomic mass is 9.95. The number of nitrogens with zero attached hydrogens (tertiary/aromatic N) is 1. The third-order valence-corrected chi connectivity index (χ3v) is 7.73. The fourth-order valence-electron chi connectivity index (χ4n) is 5.17. The number of benzene rings is 1. The van der Waals surface area contributed by atoms with Crippen LogP contribution in [0.5, 0.6) is 17.2 Å². The molecule has 2 unspecified atom stereocenters. The summed E-state index contributed by atoms with van der Waals surface area (Å²) in [6.45, 7) is 1.45. The fraction of sp³-hybridized carbons (Fsp3) is 0.355. The van der Waals surface area contributed by atoms with Gasteiger partial charge in [0, 0.05) is 18.7 Å². The summed E-state index contributed by atoms with van der Waals surface area (Å²) >= 11 is 1.61. The first-order valence-corrected chi connectivity index (χ1v) is 15.0. The predicted molar refractivity (Wildman–Crippen MR) is 166 cm³/mol. The third-order valence-electron chi connectivity index (χ3n) is 7.09. The van der Waals surface area contributed by atoms with Crippen LogP contribution in [0.4, 0.5) is 11.5 Å². The molecule has 1 aliphatic carbocycles. The lowest BCUT2D eigenvalue weighted by Crippen LogP contribution is -2.36. The number of aromatic nitrogens is 1. The van der Waals surface area contributed by atoms with Crippen LogP contribution in [0.1, 0.15) is 36.9 Å². The zero-order valence-electron chi connectivity index (χ0n) is 24.4. The average molecular weight is 593 g/mol. The summed E-state index contributed by atoms with van der Waals surface area (Å²) < 4.78 is 17.1. The minimum Gasteiger partial charge on any atom is -0.493 e. The van der Waals surface area contributed by atoms with Crippen molar-refractivity contribution in [2.24, 2.45) is 0 Å². The Bertz CT molecular complexity index is 1500. The Kier molecular flexibility index (Phi) is 10.3. The summed E-state index contributed by atoms with van der Waals surface area (Å²) in [6.07, 6.45) is 5.19. The number of pyridine rings is 1. The minimum absolute atomic E-state index is 0.209. The molecule has 222 valence electrons. The molecule has 3 aromatic rings. The highest BCUT2D eigenvalue weighted by Crippen LogP contribution is 2.50. The van der Waals surface area contributed by atoms with Crippen molar-refractivity contribution in [1.29, 1.82) is 0 Å². The second kappa shape index (κ2) is 14.1. The van der Waals surface area contributed by atoms with E-state index in [1.54, 1.807) is 56.4 Å². The Morgan fingerprint density at radius 1 is 1.07 bits per heavy atom. The van der Waals surface area contributed by atoms with Gasteiger partial charge in [-0.05, 0) is 78.3 Å². The Morgan fingerprint density at radius 2 is 1.86 bits per heavy atom. The lowest BCUT2D eigenvalue weighted by Gasteiger charge is -2.19. The van der Waals surface area contributed by atoms with Gasteiger partial charge in [0.05, 0.1) is 33.1 Å². The van der Waals surface area contributed by atoms with E-state index in [9.17, 15) is 14.4 Å². The molecule has 0 bridgehead atoms. The van der Waals surface area contributed by atoms with Gasteiger partial charge in [0.15, 0.2) is 11.5 Å². The highest BCUT2D eigenvalue weighted by Gasteiger charge is 2.30. The van der Waals surface area contributed by atoms with Crippen molar-refractivity contribution >= 4 is 35.1 Å². The normalized spacial score (nSPS) is 14.4. The largest absolute Gasteiger partial charge is 0.493 e. The zero-order valence-corrected chi connectivity index (χ0v) is 25.2. The average Bonchev–Trinajstić information content (AvgIpc) is 3.22. The van der Waals surface area contributed by atoms with E-state index < -0.39 is 12.1 Å². The Balaban J connectivity index is 1.85. The number of nitrogens with one attached hydrogen (secondary N) is 3. The Morgan fingerprint density at radius 3 is 2.50 bits per heavy atom. The van der Waals surface area contributed by atoms with Gasteiger partial charge in [-0.25, -0.2) is 4.98 Å². The van der Waals surface area contributed by atoms with Crippen LogP contribution >= 0.6 is 11.8 Å². The molecule has 3 N–H and O–H groups in total. The molecular weight excluding hydrogens is 556 g/mol. The number of carbonyl (C=O) groups is 2. The summed E-state index contributed by atoms with van der Waals surface area (Å²) in [6, 6.07) is 11.1. The topological polar surface area (TPSA) is 128 Å². The maximum atomic E-state index is 13.7. The first-order chi connectivity index (χ1) is 20.3. The maximum absolute atomic E-state index is 13.7.